The second kappa shape index (κ2) is 9.85. The van der Waals surface area contributed by atoms with E-state index in [1.54, 1.807) is 6.20 Å². The Bertz CT molecular complexity index is 888. The van der Waals surface area contributed by atoms with Crippen LogP contribution in [0.5, 0.6) is 0 Å². The number of hydrogen-bond donors (Lipinski definition) is 1. The van der Waals surface area contributed by atoms with Crippen LogP contribution in [0.4, 0.5) is 0 Å². The Kier molecular flexibility index (Phi) is 7.44. The van der Waals surface area contributed by atoms with E-state index in [9.17, 15) is 9.59 Å². The Labute approximate surface area is 186 Å². The van der Waals surface area contributed by atoms with Crippen LogP contribution in [-0.2, 0) is 9.59 Å². The third-order valence-corrected chi connectivity index (χ3v) is 5.81. The summed E-state index contributed by atoms with van der Waals surface area (Å²) >= 11 is 7.50. The van der Waals surface area contributed by atoms with Crippen molar-refractivity contribution in [3.63, 3.8) is 0 Å². The minimum absolute atomic E-state index is 0.0192. The molecule has 1 aliphatic rings. The second-order valence-corrected chi connectivity index (χ2v) is 9.68. The average Bonchev–Trinajstić information content (AvgIpc) is 3.14. The molecule has 1 saturated heterocycles. The first-order chi connectivity index (χ1) is 14.2. The number of amides is 2. The smallest absolute Gasteiger partial charge is 0.234 e. The Morgan fingerprint density at radius 1 is 1.20 bits per heavy atom. The molecule has 0 aliphatic carbocycles. The Balaban J connectivity index is 1.47. The van der Waals surface area contributed by atoms with Crippen molar-refractivity contribution in [2.75, 3.05) is 38.5 Å². The summed E-state index contributed by atoms with van der Waals surface area (Å²) in [6.07, 6.45) is 3.58. The number of carbonyl (C=O) groups excluding carboxylic acids is 2. The molecule has 2 heterocycles. The summed E-state index contributed by atoms with van der Waals surface area (Å²) in [5.41, 5.74) is 0.681. The number of nitrogens with zero attached hydrogens (tertiary/aromatic N) is 4. The monoisotopic (exact) mass is 449 g/mol. The van der Waals surface area contributed by atoms with Gasteiger partial charge in [0, 0.05) is 54.8 Å². The molecule has 0 atom stereocenters. The Morgan fingerprint density at radius 2 is 1.93 bits per heavy atom. The zero-order chi connectivity index (χ0) is 21.7. The lowest BCUT2D eigenvalue weighted by molar-refractivity contribution is -0.130. The summed E-state index contributed by atoms with van der Waals surface area (Å²) < 4.78 is 1.93. The molecule has 1 aliphatic heterocycles. The lowest BCUT2D eigenvalue weighted by Crippen LogP contribution is -2.53. The van der Waals surface area contributed by atoms with Crippen LogP contribution < -0.4 is 5.32 Å². The van der Waals surface area contributed by atoms with Gasteiger partial charge in [0.1, 0.15) is 0 Å². The van der Waals surface area contributed by atoms with Crippen molar-refractivity contribution in [3.8, 4) is 5.69 Å². The highest BCUT2D eigenvalue weighted by Crippen LogP contribution is 2.23. The molecule has 9 heteroatoms. The molecule has 2 amide bonds. The van der Waals surface area contributed by atoms with Gasteiger partial charge in [-0.3, -0.25) is 19.1 Å². The summed E-state index contributed by atoms with van der Waals surface area (Å²) in [4.78, 5) is 33.1. The standard InChI is InChI=1S/C21H28ClN5O2S/c1-21(2,3)24-18(28)14-25-9-11-26(12-10-25)19(29)15-30-20-23-7-8-27(20)17-6-4-5-16(22)13-17/h4-8,13H,9-12,14-15H2,1-3H3,(H,24,28). The van der Waals surface area contributed by atoms with Crippen molar-refractivity contribution in [1.82, 2.24) is 24.7 Å². The number of rotatable bonds is 6. The van der Waals surface area contributed by atoms with E-state index in [0.29, 0.717) is 43.5 Å². The van der Waals surface area contributed by atoms with Gasteiger partial charge < -0.3 is 10.2 Å². The van der Waals surface area contributed by atoms with Crippen molar-refractivity contribution < 1.29 is 9.59 Å². The van der Waals surface area contributed by atoms with Gasteiger partial charge in [0.25, 0.3) is 0 Å². The largest absolute Gasteiger partial charge is 0.350 e. The number of imidazole rings is 1. The van der Waals surface area contributed by atoms with Crippen molar-refractivity contribution in [2.45, 2.75) is 31.5 Å². The summed E-state index contributed by atoms with van der Waals surface area (Å²) in [7, 11) is 0. The van der Waals surface area contributed by atoms with Crippen LogP contribution in [0.1, 0.15) is 20.8 Å². The number of piperazine rings is 1. The van der Waals surface area contributed by atoms with Crippen LogP contribution in [0, 0.1) is 0 Å². The molecule has 0 unspecified atom stereocenters. The van der Waals surface area contributed by atoms with Crippen molar-refractivity contribution in [1.29, 1.82) is 0 Å². The highest BCUT2D eigenvalue weighted by atomic mass is 35.5. The topological polar surface area (TPSA) is 70.5 Å². The molecule has 1 fully saturated rings. The maximum absolute atomic E-state index is 12.7. The summed E-state index contributed by atoms with van der Waals surface area (Å²) in [5, 5.41) is 4.38. The molecule has 1 aromatic carbocycles. The molecule has 0 saturated carbocycles. The van der Waals surface area contributed by atoms with E-state index in [0.717, 1.165) is 10.8 Å². The van der Waals surface area contributed by atoms with Gasteiger partial charge in [-0.15, -0.1) is 0 Å². The highest BCUT2D eigenvalue weighted by molar-refractivity contribution is 7.99. The molecule has 0 radical (unpaired) electrons. The molecule has 1 N–H and O–H groups in total. The number of thioether (sulfide) groups is 1. The van der Waals surface area contributed by atoms with Crippen molar-refractivity contribution >= 4 is 35.2 Å². The van der Waals surface area contributed by atoms with E-state index in [2.05, 4.69) is 15.2 Å². The molecular formula is C21H28ClN5O2S. The van der Waals surface area contributed by atoms with Gasteiger partial charge in [-0.05, 0) is 39.0 Å². The first-order valence-electron chi connectivity index (χ1n) is 9.94. The quantitative estimate of drug-likeness (QED) is 0.686. The summed E-state index contributed by atoms with van der Waals surface area (Å²) in [6.45, 7) is 8.93. The van der Waals surface area contributed by atoms with E-state index < -0.39 is 0 Å². The lowest BCUT2D eigenvalue weighted by Gasteiger charge is -2.34. The average molecular weight is 450 g/mol. The number of halogens is 1. The van der Waals surface area contributed by atoms with E-state index in [-0.39, 0.29) is 17.4 Å². The predicted molar refractivity (Wildman–Crippen MR) is 120 cm³/mol. The first kappa shape index (κ1) is 22.7. The van der Waals surface area contributed by atoms with Crippen LogP contribution in [-0.4, -0.2) is 75.2 Å². The SMILES string of the molecule is CC(C)(C)NC(=O)CN1CCN(C(=O)CSc2nccn2-c2cccc(Cl)c2)CC1. The third kappa shape index (κ3) is 6.48. The van der Waals surface area contributed by atoms with Gasteiger partial charge >= 0.3 is 0 Å². The fraction of sp³-hybridized carbons (Fsp3) is 0.476. The molecule has 0 spiro atoms. The number of hydrogen-bond acceptors (Lipinski definition) is 5. The van der Waals surface area contributed by atoms with Crippen molar-refractivity contribution in [3.05, 3.63) is 41.7 Å². The fourth-order valence-electron chi connectivity index (χ4n) is 3.25. The molecule has 7 nitrogen and oxygen atoms in total. The second-order valence-electron chi connectivity index (χ2n) is 8.30. The number of benzene rings is 1. The highest BCUT2D eigenvalue weighted by Gasteiger charge is 2.24. The van der Waals surface area contributed by atoms with Crippen LogP contribution in [0.3, 0.4) is 0 Å². The van der Waals surface area contributed by atoms with Gasteiger partial charge in [-0.25, -0.2) is 4.98 Å². The molecule has 3 rings (SSSR count). The molecule has 162 valence electrons. The van der Waals surface area contributed by atoms with E-state index >= 15 is 0 Å². The molecule has 0 bridgehead atoms. The number of aromatic nitrogens is 2. The normalized spacial score (nSPS) is 15.3. The Hall–Kier alpha value is -2.03. The van der Waals surface area contributed by atoms with Crippen LogP contribution in [0.25, 0.3) is 5.69 Å². The summed E-state index contributed by atoms with van der Waals surface area (Å²) in [6, 6.07) is 7.53. The van der Waals surface area contributed by atoms with Crippen molar-refractivity contribution in [2.24, 2.45) is 0 Å². The summed E-state index contributed by atoms with van der Waals surface area (Å²) in [5.74, 6) is 0.423. The van der Waals surface area contributed by atoms with E-state index in [1.165, 1.54) is 11.8 Å². The van der Waals surface area contributed by atoms with E-state index in [1.807, 2.05) is 60.7 Å². The van der Waals surface area contributed by atoms with Gasteiger partial charge in [0.2, 0.25) is 11.8 Å². The lowest BCUT2D eigenvalue weighted by atomic mass is 10.1. The molecule has 30 heavy (non-hydrogen) atoms. The van der Waals surface area contributed by atoms with E-state index in [4.69, 9.17) is 11.6 Å². The molecule has 1 aromatic heterocycles. The van der Waals surface area contributed by atoms with Crippen LogP contribution >= 0.6 is 23.4 Å². The first-order valence-corrected chi connectivity index (χ1v) is 11.3. The third-order valence-electron chi connectivity index (χ3n) is 4.62. The molecule has 2 aromatic rings. The van der Waals surface area contributed by atoms with Crippen LogP contribution in [0.15, 0.2) is 41.8 Å². The van der Waals surface area contributed by atoms with Gasteiger partial charge in [-0.1, -0.05) is 29.4 Å². The number of nitrogens with one attached hydrogen (secondary N) is 1. The van der Waals surface area contributed by atoms with Crippen LogP contribution in [0.2, 0.25) is 5.02 Å². The maximum atomic E-state index is 12.7. The minimum Gasteiger partial charge on any atom is -0.350 e. The minimum atomic E-state index is -0.233. The maximum Gasteiger partial charge on any atom is 0.234 e. The Morgan fingerprint density at radius 3 is 2.60 bits per heavy atom. The van der Waals surface area contributed by atoms with Gasteiger partial charge in [-0.2, -0.15) is 0 Å². The molecular weight excluding hydrogens is 422 g/mol. The van der Waals surface area contributed by atoms with Gasteiger partial charge in [0.15, 0.2) is 5.16 Å². The zero-order valence-electron chi connectivity index (χ0n) is 17.6. The zero-order valence-corrected chi connectivity index (χ0v) is 19.2. The predicted octanol–water partition coefficient (Wildman–Crippen LogP) is 2.68. The van der Waals surface area contributed by atoms with Gasteiger partial charge in [0.05, 0.1) is 12.3 Å². The number of carbonyl (C=O) groups is 2. The fourth-order valence-corrected chi connectivity index (χ4v) is 4.31.